The van der Waals surface area contributed by atoms with E-state index < -0.39 is 35.9 Å². The Morgan fingerprint density at radius 3 is 2.22 bits per heavy atom. The third kappa shape index (κ3) is 5.82. The smallest absolute Gasteiger partial charge is 0.338 e. The van der Waals surface area contributed by atoms with Gasteiger partial charge in [0.2, 0.25) is 0 Å². The Kier molecular flexibility index (Phi) is 8.09. The van der Waals surface area contributed by atoms with Gasteiger partial charge >= 0.3 is 11.9 Å². The maximum atomic E-state index is 13.1. The SMILES string of the molecule is CSc1cc2c(ncc(=O)n2[C@H]2C[C@H](OC(=O)c3ccc(C)cc3)[C@@H](COC(=O)c3ccc(C)cc3)O2)c(=O)n1C. The lowest BCUT2D eigenvalue weighted by Gasteiger charge is -2.19. The average Bonchev–Trinajstić information content (AvgIpc) is 3.35. The van der Waals surface area contributed by atoms with Crippen LogP contribution in [0.3, 0.4) is 0 Å². The first-order valence-corrected chi connectivity index (χ1v) is 14.2. The van der Waals surface area contributed by atoms with Gasteiger partial charge in [0.05, 0.1) is 27.9 Å². The summed E-state index contributed by atoms with van der Waals surface area (Å²) in [6.45, 7) is 3.61. The van der Waals surface area contributed by atoms with E-state index in [4.69, 9.17) is 14.2 Å². The molecule has 4 aromatic rings. The molecule has 2 aromatic carbocycles. The van der Waals surface area contributed by atoms with Crippen LogP contribution < -0.4 is 11.1 Å². The molecule has 0 aliphatic carbocycles. The Morgan fingerprint density at radius 1 is 1.00 bits per heavy atom. The summed E-state index contributed by atoms with van der Waals surface area (Å²) in [6.07, 6.45) is 0.363. The highest BCUT2D eigenvalue weighted by molar-refractivity contribution is 7.98. The third-order valence-corrected chi connectivity index (χ3v) is 7.84. The Bertz CT molecular complexity index is 1730. The van der Waals surface area contributed by atoms with E-state index in [1.54, 1.807) is 61.6 Å². The van der Waals surface area contributed by atoms with Gasteiger partial charge in [-0.1, -0.05) is 35.4 Å². The quantitative estimate of drug-likeness (QED) is 0.239. The zero-order chi connectivity index (χ0) is 29.3. The van der Waals surface area contributed by atoms with Crippen molar-refractivity contribution in [1.82, 2.24) is 14.1 Å². The Hall–Kier alpha value is -4.22. The summed E-state index contributed by atoms with van der Waals surface area (Å²) in [7, 11) is 1.63. The van der Waals surface area contributed by atoms with Gasteiger partial charge in [-0.2, -0.15) is 0 Å². The Morgan fingerprint density at radius 2 is 1.61 bits per heavy atom. The second kappa shape index (κ2) is 11.7. The van der Waals surface area contributed by atoms with E-state index in [9.17, 15) is 19.2 Å². The predicted molar refractivity (Wildman–Crippen MR) is 153 cm³/mol. The zero-order valence-corrected chi connectivity index (χ0v) is 23.8. The number of hydrogen-bond acceptors (Lipinski definition) is 9. The number of pyridine rings is 1. The van der Waals surface area contributed by atoms with Crippen molar-refractivity contribution < 1.29 is 23.8 Å². The second-order valence-corrected chi connectivity index (χ2v) is 10.7. The van der Waals surface area contributed by atoms with Crippen molar-refractivity contribution in [3.63, 3.8) is 0 Å². The van der Waals surface area contributed by atoms with E-state index in [1.165, 1.54) is 20.9 Å². The average molecular weight is 576 g/mol. The van der Waals surface area contributed by atoms with Crippen molar-refractivity contribution in [2.75, 3.05) is 12.9 Å². The maximum Gasteiger partial charge on any atom is 0.338 e. The number of nitrogens with zero attached hydrogens (tertiary/aromatic N) is 3. The maximum absolute atomic E-state index is 13.1. The molecule has 1 saturated heterocycles. The molecule has 1 aliphatic heterocycles. The lowest BCUT2D eigenvalue weighted by molar-refractivity contribution is -0.0569. The van der Waals surface area contributed by atoms with Crippen LogP contribution >= 0.6 is 11.8 Å². The zero-order valence-electron chi connectivity index (χ0n) is 23.0. The molecule has 0 unspecified atom stereocenters. The number of aromatic nitrogens is 3. The molecule has 0 saturated carbocycles. The van der Waals surface area contributed by atoms with Crippen LogP contribution in [0.2, 0.25) is 0 Å². The summed E-state index contributed by atoms with van der Waals surface area (Å²) in [5.74, 6) is -1.13. The number of benzene rings is 2. The van der Waals surface area contributed by atoms with E-state index in [0.29, 0.717) is 21.7 Å². The van der Waals surface area contributed by atoms with Crippen LogP contribution in [-0.2, 0) is 21.3 Å². The molecule has 0 amide bonds. The van der Waals surface area contributed by atoms with Crippen LogP contribution in [0.15, 0.2) is 75.4 Å². The highest BCUT2D eigenvalue weighted by Gasteiger charge is 2.41. The number of carbonyl (C=O) groups is 2. The molecule has 1 fully saturated rings. The predicted octanol–water partition coefficient (Wildman–Crippen LogP) is 3.80. The first-order valence-electron chi connectivity index (χ1n) is 13.0. The van der Waals surface area contributed by atoms with Gasteiger partial charge < -0.3 is 18.8 Å². The van der Waals surface area contributed by atoms with Crippen LogP contribution in [0.25, 0.3) is 11.0 Å². The highest BCUT2D eigenvalue weighted by atomic mass is 32.2. The minimum absolute atomic E-state index is 0.0905. The summed E-state index contributed by atoms with van der Waals surface area (Å²) in [5, 5.41) is 0.632. The van der Waals surface area contributed by atoms with E-state index in [-0.39, 0.29) is 24.1 Å². The molecule has 1 aliphatic rings. The lowest BCUT2D eigenvalue weighted by Crippen LogP contribution is -2.32. The van der Waals surface area contributed by atoms with Crippen LogP contribution in [0.1, 0.15) is 44.5 Å². The topological polar surface area (TPSA) is 119 Å². The van der Waals surface area contributed by atoms with Gasteiger partial charge in [-0.05, 0) is 50.4 Å². The van der Waals surface area contributed by atoms with Gasteiger partial charge in [-0.15, -0.1) is 11.8 Å². The van der Waals surface area contributed by atoms with Gasteiger partial charge in [0, 0.05) is 13.5 Å². The van der Waals surface area contributed by atoms with Crippen molar-refractivity contribution in [3.05, 3.63) is 104 Å². The summed E-state index contributed by atoms with van der Waals surface area (Å²) in [4.78, 5) is 55.9. The number of hydrogen-bond donors (Lipinski definition) is 0. The summed E-state index contributed by atoms with van der Waals surface area (Å²) >= 11 is 1.35. The number of carbonyl (C=O) groups excluding carboxylic acids is 2. The fourth-order valence-electron chi connectivity index (χ4n) is 4.71. The molecular weight excluding hydrogens is 546 g/mol. The number of thioether (sulfide) groups is 1. The molecule has 0 N–H and O–H groups in total. The Labute approximate surface area is 239 Å². The number of fused-ring (bicyclic) bond motifs is 1. The third-order valence-electron chi connectivity index (χ3n) is 7.03. The number of esters is 2. The largest absolute Gasteiger partial charge is 0.459 e. The van der Waals surface area contributed by atoms with Gasteiger partial charge in [0.15, 0.2) is 5.52 Å². The molecule has 3 atom stereocenters. The highest BCUT2D eigenvalue weighted by Crippen LogP contribution is 2.33. The molecule has 41 heavy (non-hydrogen) atoms. The molecule has 0 radical (unpaired) electrons. The van der Waals surface area contributed by atoms with Crippen LogP contribution in [0, 0.1) is 13.8 Å². The minimum Gasteiger partial charge on any atom is -0.459 e. The molecule has 2 aromatic heterocycles. The van der Waals surface area contributed by atoms with Crippen LogP contribution in [0.5, 0.6) is 0 Å². The lowest BCUT2D eigenvalue weighted by atomic mass is 10.1. The first kappa shape index (κ1) is 28.3. The van der Waals surface area contributed by atoms with Gasteiger partial charge in [0.1, 0.15) is 25.0 Å². The summed E-state index contributed by atoms with van der Waals surface area (Å²) < 4.78 is 20.4. The normalized spacial score (nSPS) is 18.4. The Balaban J connectivity index is 1.46. The van der Waals surface area contributed by atoms with E-state index in [1.807, 2.05) is 20.1 Å². The van der Waals surface area contributed by atoms with E-state index >= 15 is 0 Å². The van der Waals surface area contributed by atoms with Crippen molar-refractivity contribution >= 4 is 34.7 Å². The second-order valence-electron chi connectivity index (χ2n) is 9.89. The van der Waals surface area contributed by atoms with E-state index in [2.05, 4.69) is 4.98 Å². The van der Waals surface area contributed by atoms with Crippen LogP contribution in [0.4, 0.5) is 0 Å². The molecule has 3 heterocycles. The molecule has 212 valence electrons. The van der Waals surface area contributed by atoms with Crippen molar-refractivity contribution in [1.29, 1.82) is 0 Å². The molecule has 10 nitrogen and oxygen atoms in total. The number of aryl methyl sites for hydroxylation is 2. The van der Waals surface area contributed by atoms with Gasteiger partial charge in [0.25, 0.3) is 11.1 Å². The summed E-state index contributed by atoms with van der Waals surface area (Å²) in [5.41, 5.74) is 2.29. The van der Waals surface area contributed by atoms with Crippen molar-refractivity contribution in [3.8, 4) is 0 Å². The fraction of sp³-hybridized carbons (Fsp3) is 0.300. The molecule has 0 spiro atoms. The van der Waals surface area contributed by atoms with Crippen molar-refractivity contribution in [2.24, 2.45) is 7.05 Å². The fourth-order valence-corrected chi connectivity index (χ4v) is 5.29. The molecule has 0 bridgehead atoms. The number of rotatable bonds is 7. The van der Waals surface area contributed by atoms with Crippen molar-refractivity contribution in [2.45, 2.75) is 43.7 Å². The standard InChI is InChI=1S/C30H29N3O7S/c1-17-5-9-19(10-6-17)29(36)38-16-23-22(40-30(37)20-11-7-18(2)8-12-20)14-25(39-23)33-21-13-26(41-4)32(3)28(35)27(21)31-15-24(33)34/h5-13,15,22-23,25H,14,16H2,1-4H3/t22-,23+,25+/m0/s1. The van der Waals surface area contributed by atoms with Gasteiger partial charge in [-0.25, -0.2) is 14.6 Å². The monoisotopic (exact) mass is 575 g/mol. The van der Waals surface area contributed by atoms with E-state index in [0.717, 1.165) is 17.3 Å². The van der Waals surface area contributed by atoms with Crippen LogP contribution in [-0.4, -0.2) is 51.1 Å². The summed E-state index contributed by atoms with van der Waals surface area (Å²) in [6, 6.07) is 15.6. The molecule has 11 heteroatoms. The number of ether oxygens (including phenoxy) is 3. The minimum atomic E-state index is -0.909. The first-order chi connectivity index (χ1) is 19.7. The molecule has 5 rings (SSSR count). The van der Waals surface area contributed by atoms with Gasteiger partial charge in [-0.3, -0.25) is 14.2 Å². The molecular formula is C30H29N3O7S.